The van der Waals surface area contributed by atoms with Gasteiger partial charge in [-0.3, -0.25) is 0 Å². The molecule has 5 heteroatoms. The Morgan fingerprint density at radius 3 is 2.50 bits per heavy atom. The van der Waals surface area contributed by atoms with Crippen molar-refractivity contribution in [3.05, 3.63) is 29.1 Å². The number of rotatable bonds is 4. The summed E-state index contributed by atoms with van der Waals surface area (Å²) in [7, 11) is 1.58. The zero-order valence-corrected chi connectivity index (χ0v) is 12.5. The zero-order chi connectivity index (χ0) is 15.1. The SMILES string of the molecule is COCc1nc2cc(C)c(C)cc2n1C(C)(C)C(=O)O. The summed E-state index contributed by atoms with van der Waals surface area (Å²) >= 11 is 0. The minimum absolute atomic E-state index is 0.281. The molecule has 0 amide bonds. The van der Waals surface area contributed by atoms with E-state index in [4.69, 9.17) is 4.74 Å². The number of nitrogens with zero attached hydrogens (tertiary/aromatic N) is 2. The van der Waals surface area contributed by atoms with Crippen LogP contribution in [0.5, 0.6) is 0 Å². The molecule has 0 aliphatic rings. The molecule has 0 aliphatic heterocycles. The summed E-state index contributed by atoms with van der Waals surface area (Å²) in [5, 5.41) is 9.50. The highest BCUT2D eigenvalue weighted by molar-refractivity contribution is 5.83. The standard InChI is InChI=1S/C15H20N2O3/c1-9-6-11-12(7-10(9)2)17(13(16-11)8-20-5)15(3,4)14(18)19/h6-7H,8H2,1-5H3,(H,18,19). The quantitative estimate of drug-likeness (QED) is 0.932. The molecule has 0 bridgehead atoms. The van der Waals surface area contributed by atoms with Crippen molar-refractivity contribution in [2.24, 2.45) is 0 Å². The van der Waals surface area contributed by atoms with Gasteiger partial charge in [-0.25, -0.2) is 9.78 Å². The maximum Gasteiger partial charge on any atom is 0.329 e. The number of aryl methyl sites for hydroxylation is 2. The van der Waals surface area contributed by atoms with Crippen LogP contribution in [0.25, 0.3) is 11.0 Å². The first-order valence-corrected chi connectivity index (χ1v) is 6.50. The van der Waals surface area contributed by atoms with E-state index < -0.39 is 11.5 Å². The second-order valence-corrected chi connectivity index (χ2v) is 5.59. The van der Waals surface area contributed by atoms with E-state index in [9.17, 15) is 9.90 Å². The van der Waals surface area contributed by atoms with Crippen LogP contribution in [0.4, 0.5) is 0 Å². The molecule has 0 saturated heterocycles. The molecule has 0 atom stereocenters. The van der Waals surface area contributed by atoms with Crippen LogP contribution in [0.1, 0.15) is 30.8 Å². The maximum atomic E-state index is 11.6. The fraction of sp³-hybridized carbons (Fsp3) is 0.467. The van der Waals surface area contributed by atoms with Gasteiger partial charge in [0.05, 0.1) is 11.0 Å². The largest absolute Gasteiger partial charge is 0.480 e. The average molecular weight is 276 g/mol. The number of benzene rings is 1. The van der Waals surface area contributed by atoms with Gasteiger partial charge >= 0.3 is 5.97 Å². The lowest BCUT2D eigenvalue weighted by Gasteiger charge is -2.24. The highest BCUT2D eigenvalue weighted by Crippen LogP contribution is 2.28. The minimum Gasteiger partial charge on any atom is -0.480 e. The molecule has 108 valence electrons. The van der Waals surface area contributed by atoms with Crippen LogP contribution in [0.2, 0.25) is 0 Å². The predicted octanol–water partition coefficient (Wildman–Crippen LogP) is 2.62. The lowest BCUT2D eigenvalue weighted by atomic mass is 10.0. The zero-order valence-electron chi connectivity index (χ0n) is 12.5. The highest BCUT2D eigenvalue weighted by atomic mass is 16.5. The van der Waals surface area contributed by atoms with E-state index in [1.165, 1.54) is 0 Å². The molecule has 5 nitrogen and oxygen atoms in total. The van der Waals surface area contributed by atoms with Crippen LogP contribution in [-0.4, -0.2) is 27.7 Å². The molecule has 0 saturated carbocycles. The highest BCUT2D eigenvalue weighted by Gasteiger charge is 2.33. The number of ether oxygens (including phenoxy) is 1. The molecule has 0 fully saturated rings. The molecule has 20 heavy (non-hydrogen) atoms. The van der Waals surface area contributed by atoms with Gasteiger partial charge in [0.25, 0.3) is 0 Å². The van der Waals surface area contributed by atoms with E-state index in [0.29, 0.717) is 5.82 Å². The Bertz CT molecular complexity index is 671. The first kappa shape index (κ1) is 14.5. The van der Waals surface area contributed by atoms with E-state index in [-0.39, 0.29) is 6.61 Å². The normalized spacial score (nSPS) is 12.1. The van der Waals surface area contributed by atoms with Gasteiger partial charge in [0.2, 0.25) is 0 Å². The summed E-state index contributed by atoms with van der Waals surface area (Å²) in [6, 6.07) is 3.97. The van der Waals surface area contributed by atoms with Crippen molar-refractivity contribution in [1.29, 1.82) is 0 Å². The summed E-state index contributed by atoms with van der Waals surface area (Å²) in [6.45, 7) is 7.65. The van der Waals surface area contributed by atoms with Crippen molar-refractivity contribution in [2.75, 3.05) is 7.11 Å². The van der Waals surface area contributed by atoms with Gasteiger partial charge < -0.3 is 14.4 Å². The van der Waals surface area contributed by atoms with E-state index in [0.717, 1.165) is 22.2 Å². The third kappa shape index (κ3) is 2.18. The van der Waals surface area contributed by atoms with Crippen molar-refractivity contribution in [3.63, 3.8) is 0 Å². The molecule has 2 aromatic rings. The number of aliphatic carboxylic acids is 1. The van der Waals surface area contributed by atoms with Crippen LogP contribution in [0, 0.1) is 13.8 Å². The van der Waals surface area contributed by atoms with Crippen LogP contribution < -0.4 is 0 Å². The average Bonchev–Trinajstić information content (AvgIpc) is 2.68. The first-order chi connectivity index (χ1) is 9.28. The molecular weight excluding hydrogens is 256 g/mol. The van der Waals surface area contributed by atoms with Crippen LogP contribution in [0.15, 0.2) is 12.1 Å². The Kier molecular flexibility index (Phi) is 3.56. The number of hydrogen-bond donors (Lipinski definition) is 1. The van der Waals surface area contributed by atoms with Crippen molar-refractivity contribution >= 4 is 17.0 Å². The van der Waals surface area contributed by atoms with Gasteiger partial charge in [0.15, 0.2) is 0 Å². The molecule has 1 aromatic carbocycles. The Hall–Kier alpha value is -1.88. The molecular formula is C15H20N2O3. The minimum atomic E-state index is -1.08. The summed E-state index contributed by atoms with van der Waals surface area (Å²) in [5.41, 5.74) is 2.80. The van der Waals surface area contributed by atoms with E-state index in [1.54, 1.807) is 25.5 Å². The van der Waals surface area contributed by atoms with E-state index in [1.807, 2.05) is 26.0 Å². The van der Waals surface area contributed by atoms with Gasteiger partial charge in [-0.1, -0.05) is 0 Å². The third-order valence-corrected chi connectivity index (χ3v) is 3.70. The lowest BCUT2D eigenvalue weighted by Crippen LogP contribution is -2.36. The maximum absolute atomic E-state index is 11.6. The van der Waals surface area contributed by atoms with Crippen molar-refractivity contribution in [2.45, 2.75) is 39.8 Å². The van der Waals surface area contributed by atoms with Crippen molar-refractivity contribution < 1.29 is 14.6 Å². The molecule has 0 spiro atoms. The van der Waals surface area contributed by atoms with Gasteiger partial charge in [-0.15, -0.1) is 0 Å². The molecule has 0 aliphatic carbocycles. The predicted molar refractivity (Wildman–Crippen MR) is 76.9 cm³/mol. The monoisotopic (exact) mass is 276 g/mol. The summed E-state index contributed by atoms with van der Waals surface area (Å²) in [4.78, 5) is 16.1. The number of fused-ring (bicyclic) bond motifs is 1. The molecule has 1 heterocycles. The summed E-state index contributed by atoms with van der Waals surface area (Å²) in [5.74, 6) is -0.271. The molecule has 1 aromatic heterocycles. The second kappa shape index (κ2) is 4.90. The van der Waals surface area contributed by atoms with Gasteiger partial charge in [-0.05, 0) is 51.0 Å². The molecule has 0 radical (unpaired) electrons. The topological polar surface area (TPSA) is 64.4 Å². The fourth-order valence-corrected chi connectivity index (χ4v) is 2.33. The number of carboxylic acids is 1. The van der Waals surface area contributed by atoms with Crippen molar-refractivity contribution in [1.82, 2.24) is 9.55 Å². The number of imidazole rings is 1. The third-order valence-electron chi connectivity index (χ3n) is 3.70. The molecule has 0 unspecified atom stereocenters. The van der Waals surface area contributed by atoms with E-state index in [2.05, 4.69) is 4.98 Å². The van der Waals surface area contributed by atoms with Crippen LogP contribution in [0.3, 0.4) is 0 Å². The Morgan fingerprint density at radius 1 is 1.35 bits per heavy atom. The smallest absolute Gasteiger partial charge is 0.329 e. The molecule has 1 N–H and O–H groups in total. The summed E-state index contributed by atoms with van der Waals surface area (Å²) < 4.78 is 6.91. The summed E-state index contributed by atoms with van der Waals surface area (Å²) in [6.07, 6.45) is 0. The number of carbonyl (C=O) groups is 1. The number of carboxylic acid groups (broad SMARTS) is 1. The second-order valence-electron chi connectivity index (χ2n) is 5.59. The Balaban J connectivity index is 2.81. The number of methoxy groups -OCH3 is 1. The van der Waals surface area contributed by atoms with Crippen LogP contribution in [-0.2, 0) is 21.7 Å². The van der Waals surface area contributed by atoms with Gasteiger partial charge in [0.1, 0.15) is 18.0 Å². The Morgan fingerprint density at radius 2 is 1.95 bits per heavy atom. The number of hydrogen-bond acceptors (Lipinski definition) is 3. The van der Waals surface area contributed by atoms with Gasteiger partial charge in [0, 0.05) is 7.11 Å². The Labute approximate surface area is 118 Å². The van der Waals surface area contributed by atoms with Crippen LogP contribution >= 0.6 is 0 Å². The van der Waals surface area contributed by atoms with E-state index >= 15 is 0 Å². The molecule has 2 rings (SSSR count). The fourth-order valence-electron chi connectivity index (χ4n) is 2.33. The lowest BCUT2D eigenvalue weighted by molar-refractivity contribution is -0.145. The first-order valence-electron chi connectivity index (χ1n) is 6.50. The number of aromatic nitrogens is 2. The van der Waals surface area contributed by atoms with Crippen molar-refractivity contribution in [3.8, 4) is 0 Å². The van der Waals surface area contributed by atoms with Gasteiger partial charge in [-0.2, -0.15) is 0 Å².